The van der Waals surface area contributed by atoms with Crippen molar-refractivity contribution in [2.75, 3.05) is 19.6 Å². The fourth-order valence-corrected chi connectivity index (χ4v) is 2.76. The third-order valence-electron chi connectivity index (χ3n) is 3.81. The monoisotopic (exact) mass is 242 g/mol. The summed E-state index contributed by atoms with van der Waals surface area (Å²) in [4.78, 5) is 13.7. The second kappa shape index (κ2) is 6.36. The summed E-state index contributed by atoms with van der Waals surface area (Å²) in [6.45, 7) is 8.07. The molecule has 1 rings (SSSR count). The molecule has 0 amide bonds. The Morgan fingerprint density at radius 2 is 2.00 bits per heavy atom. The Bertz CT molecular complexity index is 252. The number of carboxylic acids is 1. The van der Waals surface area contributed by atoms with Crippen LogP contribution in [-0.4, -0.2) is 47.2 Å². The van der Waals surface area contributed by atoms with E-state index in [0.717, 1.165) is 6.54 Å². The minimum absolute atomic E-state index is 0.581. The van der Waals surface area contributed by atoms with E-state index in [9.17, 15) is 9.90 Å². The Morgan fingerprint density at radius 3 is 2.41 bits per heavy atom. The lowest BCUT2D eigenvalue weighted by molar-refractivity contribution is -0.145. The van der Waals surface area contributed by atoms with Gasteiger partial charge in [-0.15, -0.1) is 0 Å². The van der Waals surface area contributed by atoms with E-state index < -0.39 is 11.5 Å². The average Bonchev–Trinajstić information content (AvgIpc) is 2.79. The SMILES string of the molecule is CCNC(C)(CN(CC)C1CCCC1)C(=O)O. The van der Waals surface area contributed by atoms with Gasteiger partial charge in [-0.05, 0) is 32.9 Å². The number of rotatable bonds is 7. The first-order valence-corrected chi connectivity index (χ1v) is 6.76. The van der Waals surface area contributed by atoms with E-state index in [1.165, 1.54) is 25.7 Å². The van der Waals surface area contributed by atoms with Crippen molar-refractivity contribution in [3.8, 4) is 0 Å². The van der Waals surface area contributed by atoms with Crippen molar-refractivity contribution in [3.63, 3.8) is 0 Å². The minimum Gasteiger partial charge on any atom is -0.480 e. The zero-order valence-electron chi connectivity index (χ0n) is 11.3. The molecule has 0 aliphatic heterocycles. The van der Waals surface area contributed by atoms with Gasteiger partial charge in [0.05, 0.1) is 0 Å². The minimum atomic E-state index is -0.826. The van der Waals surface area contributed by atoms with Crippen molar-refractivity contribution in [2.24, 2.45) is 0 Å². The molecule has 0 radical (unpaired) electrons. The third kappa shape index (κ3) is 3.68. The zero-order valence-corrected chi connectivity index (χ0v) is 11.3. The summed E-state index contributed by atoms with van der Waals surface area (Å²) < 4.78 is 0. The van der Waals surface area contributed by atoms with Crippen LogP contribution in [0.4, 0.5) is 0 Å². The molecule has 0 aromatic carbocycles. The predicted molar refractivity (Wildman–Crippen MR) is 69.2 cm³/mol. The third-order valence-corrected chi connectivity index (χ3v) is 3.81. The van der Waals surface area contributed by atoms with Gasteiger partial charge in [-0.25, -0.2) is 0 Å². The maximum absolute atomic E-state index is 11.4. The highest BCUT2D eigenvalue weighted by Gasteiger charge is 2.36. The first-order chi connectivity index (χ1) is 8.03. The topological polar surface area (TPSA) is 52.6 Å². The van der Waals surface area contributed by atoms with E-state index in [-0.39, 0.29) is 0 Å². The fourth-order valence-electron chi connectivity index (χ4n) is 2.76. The standard InChI is InChI=1S/C13H26N2O2/c1-4-14-13(3,12(16)17)10-15(5-2)11-8-6-7-9-11/h11,14H,4-10H2,1-3H3,(H,16,17). The first kappa shape index (κ1) is 14.5. The van der Waals surface area contributed by atoms with Crippen LogP contribution in [-0.2, 0) is 4.79 Å². The van der Waals surface area contributed by atoms with Crippen LogP contribution >= 0.6 is 0 Å². The number of aliphatic carboxylic acids is 1. The lowest BCUT2D eigenvalue weighted by Crippen LogP contribution is -2.58. The number of hydrogen-bond acceptors (Lipinski definition) is 3. The molecule has 0 aromatic rings. The second-order valence-corrected chi connectivity index (χ2v) is 5.17. The van der Waals surface area contributed by atoms with Gasteiger partial charge in [0.1, 0.15) is 5.54 Å². The molecule has 2 N–H and O–H groups in total. The Balaban J connectivity index is 2.65. The molecule has 0 spiro atoms. The Morgan fingerprint density at radius 1 is 1.41 bits per heavy atom. The highest BCUT2D eigenvalue weighted by atomic mass is 16.4. The van der Waals surface area contributed by atoms with Crippen molar-refractivity contribution in [1.29, 1.82) is 0 Å². The molecule has 17 heavy (non-hydrogen) atoms. The number of hydrogen-bond donors (Lipinski definition) is 2. The van der Waals surface area contributed by atoms with Gasteiger partial charge in [0.15, 0.2) is 0 Å². The van der Waals surface area contributed by atoms with Crippen LogP contribution < -0.4 is 5.32 Å². The van der Waals surface area contributed by atoms with Gasteiger partial charge in [0, 0.05) is 12.6 Å². The highest BCUT2D eigenvalue weighted by Crippen LogP contribution is 2.24. The van der Waals surface area contributed by atoms with Crippen LogP contribution in [0.1, 0.15) is 46.5 Å². The molecule has 1 aliphatic carbocycles. The van der Waals surface area contributed by atoms with Crippen molar-refractivity contribution in [1.82, 2.24) is 10.2 Å². The van der Waals surface area contributed by atoms with Crippen molar-refractivity contribution in [2.45, 2.75) is 58.0 Å². The molecule has 0 heterocycles. The Labute approximate surface area is 104 Å². The van der Waals surface area contributed by atoms with Gasteiger partial charge in [-0.3, -0.25) is 9.69 Å². The molecule has 0 aromatic heterocycles. The van der Waals surface area contributed by atoms with Gasteiger partial charge < -0.3 is 10.4 Å². The van der Waals surface area contributed by atoms with Crippen molar-refractivity contribution < 1.29 is 9.90 Å². The van der Waals surface area contributed by atoms with E-state index >= 15 is 0 Å². The summed E-state index contributed by atoms with van der Waals surface area (Å²) in [7, 11) is 0. The van der Waals surface area contributed by atoms with Gasteiger partial charge in [-0.1, -0.05) is 26.7 Å². The normalized spacial score (nSPS) is 20.7. The van der Waals surface area contributed by atoms with Crippen molar-refractivity contribution >= 4 is 5.97 Å². The van der Waals surface area contributed by atoms with E-state index in [2.05, 4.69) is 17.1 Å². The fraction of sp³-hybridized carbons (Fsp3) is 0.923. The van der Waals surface area contributed by atoms with Crippen LogP contribution in [0.25, 0.3) is 0 Å². The number of carboxylic acid groups (broad SMARTS) is 1. The molecular weight excluding hydrogens is 216 g/mol. The van der Waals surface area contributed by atoms with E-state index in [1.807, 2.05) is 6.92 Å². The van der Waals surface area contributed by atoms with Crippen LogP contribution in [0.3, 0.4) is 0 Å². The molecular formula is C13H26N2O2. The van der Waals surface area contributed by atoms with Crippen LogP contribution in [0, 0.1) is 0 Å². The van der Waals surface area contributed by atoms with E-state index in [0.29, 0.717) is 19.1 Å². The molecule has 100 valence electrons. The number of nitrogens with one attached hydrogen (secondary N) is 1. The van der Waals surface area contributed by atoms with Crippen LogP contribution in [0.5, 0.6) is 0 Å². The van der Waals surface area contributed by atoms with Gasteiger partial charge in [0.2, 0.25) is 0 Å². The number of carbonyl (C=O) groups is 1. The van der Waals surface area contributed by atoms with Gasteiger partial charge in [-0.2, -0.15) is 0 Å². The molecule has 0 bridgehead atoms. The summed E-state index contributed by atoms with van der Waals surface area (Å²) in [5.74, 6) is -0.754. The maximum Gasteiger partial charge on any atom is 0.324 e. The average molecular weight is 242 g/mol. The largest absolute Gasteiger partial charge is 0.480 e. The summed E-state index contributed by atoms with van der Waals surface area (Å²) >= 11 is 0. The summed E-state index contributed by atoms with van der Waals surface area (Å²) in [5.41, 5.74) is -0.826. The van der Waals surface area contributed by atoms with Crippen LogP contribution in [0.2, 0.25) is 0 Å². The molecule has 0 saturated heterocycles. The molecule has 4 heteroatoms. The number of nitrogens with zero attached hydrogens (tertiary/aromatic N) is 1. The quantitative estimate of drug-likeness (QED) is 0.713. The smallest absolute Gasteiger partial charge is 0.324 e. The van der Waals surface area contributed by atoms with Crippen LogP contribution in [0.15, 0.2) is 0 Å². The van der Waals surface area contributed by atoms with E-state index in [1.54, 1.807) is 6.92 Å². The first-order valence-electron chi connectivity index (χ1n) is 6.76. The Kier molecular flexibility index (Phi) is 5.40. The second-order valence-electron chi connectivity index (χ2n) is 5.17. The number of likely N-dealkylation sites (N-methyl/N-ethyl adjacent to an activating group) is 2. The summed E-state index contributed by atoms with van der Waals surface area (Å²) in [6.07, 6.45) is 5.00. The predicted octanol–water partition coefficient (Wildman–Crippen LogP) is 1.70. The maximum atomic E-state index is 11.4. The van der Waals surface area contributed by atoms with Gasteiger partial charge in [0.25, 0.3) is 0 Å². The molecule has 1 atom stereocenters. The Hall–Kier alpha value is -0.610. The zero-order chi connectivity index (χ0) is 12.9. The molecule has 1 saturated carbocycles. The summed E-state index contributed by atoms with van der Waals surface area (Å²) in [5, 5.41) is 12.5. The van der Waals surface area contributed by atoms with Crippen molar-refractivity contribution in [3.05, 3.63) is 0 Å². The molecule has 4 nitrogen and oxygen atoms in total. The molecule has 1 fully saturated rings. The highest BCUT2D eigenvalue weighted by molar-refractivity contribution is 5.78. The lowest BCUT2D eigenvalue weighted by Gasteiger charge is -2.35. The summed E-state index contributed by atoms with van der Waals surface area (Å²) in [6, 6.07) is 0.581. The molecule has 1 aliphatic rings. The lowest BCUT2D eigenvalue weighted by atomic mass is 10.0. The van der Waals surface area contributed by atoms with E-state index in [4.69, 9.17) is 0 Å². The molecule has 1 unspecified atom stereocenters. The van der Waals surface area contributed by atoms with Gasteiger partial charge >= 0.3 is 5.97 Å².